The van der Waals surface area contributed by atoms with E-state index in [-0.39, 0.29) is 11.3 Å². The first-order valence-electron chi connectivity index (χ1n) is 12.5. The highest BCUT2D eigenvalue weighted by Crippen LogP contribution is 2.40. The molecule has 2 heterocycles. The van der Waals surface area contributed by atoms with Gasteiger partial charge in [-0.05, 0) is 60.4 Å². The van der Waals surface area contributed by atoms with Crippen LogP contribution >= 0.6 is 24.2 Å². The van der Waals surface area contributed by atoms with E-state index < -0.39 is 0 Å². The van der Waals surface area contributed by atoms with Gasteiger partial charge in [-0.3, -0.25) is 14.6 Å². The summed E-state index contributed by atoms with van der Waals surface area (Å²) in [5.74, 6) is 0.253. The smallest absolute Gasteiger partial charge is 0.265 e. The van der Waals surface area contributed by atoms with Crippen molar-refractivity contribution in [1.29, 1.82) is 0 Å². The molecule has 206 valence electrons. The van der Waals surface area contributed by atoms with Crippen LogP contribution in [0.2, 0.25) is 0 Å². The predicted molar refractivity (Wildman–Crippen MR) is 168 cm³/mol. The summed E-state index contributed by atoms with van der Waals surface area (Å²) in [6, 6.07) is 19.1. The van der Waals surface area contributed by atoms with Crippen molar-refractivity contribution in [2.24, 2.45) is 0 Å². The molecule has 0 saturated carbocycles. The van der Waals surface area contributed by atoms with Crippen LogP contribution in [0.4, 0.5) is 17.1 Å². The van der Waals surface area contributed by atoms with Gasteiger partial charge < -0.3 is 20.1 Å². The number of methoxy groups -OCH3 is 1. The lowest BCUT2D eigenvalue weighted by atomic mass is 9.86. The Hall–Kier alpha value is -4.15. The van der Waals surface area contributed by atoms with Crippen molar-refractivity contribution in [1.82, 2.24) is 9.97 Å². The maximum absolute atomic E-state index is 13.0. The summed E-state index contributed by atoms with van der Waals surface area (Å²) in [6.45, 7) is 8.22. The Bertz CT molecular complexity index is 1680. The second-order valence-electron chi connectivity index (χ2n) is 10.0. The van der Waals surface area contributed by atoms with E-state index in [0.717, 1.165) is 32.4 Å². The van der Waals surface area contributed by atoms with E-state index in [9.17, 15) is 9.59 Å². The molecule has 0 radical (unpaired) electrons. The standard InChI is InChI=1S/C21H23N3O3S2.C9H8N2/c1-21(2,3)12-8-15(19(27-4)16(9-12)24-28)23-20(26)18-10-13-14(22-11-25)6-5-7-17(13)29-18;1-7-6-10-8-4-2-3-5-9(8)11-7/h5-11,24,28H,1-4H3,(H,22,25)(H,23,26);2-6H,1H3. The summed E-state index contributed by atoms with van der Waals surface area (Å²) in [6.07, 6.45) is 2.41. The molecule has 0 aliphatic heterocycles. The summed E-state index contributed by atoms with van der Waals surface area (Å²) in [7, 11) is 1.55. The number of amides is 2. The fourth-order valence-corrected chi connectivity index (χ4v) is 5.20. The van der Waals surface area contributed by atoms with Crippen LogP contribution in [0, 0.1) is 6.92 Å². The molecular formula is C30H31N5O3S2. The van der Waals surface area contributed by atoms with Crippen molar-refractivity contribution in [3.8, 4) is 5.75 Å². The van der Waals surface area contributed by atoms with Gasteiger partial charge >= 0.3 is 0 Å². The Morgan fingerprint density at radius 3 is 2.40 bits per heavy atom. The minimum atomic E-state index is -0.252. The number of aryl methyl sites for hydroxylation is 1. The zero-order valence-electron chi connectivity index (χ0n) is 22.9. The van der Waals surface area contributed by atoms with Crippen LogP contribution in [0.25, 0.3) is 21.1 Å². The monoisotopic (exact) mass is 573 g/mol. The van der Waals surface area contributed by atoms with Crippen LogP contribution in [0.3, 0.4) is 0 Å². The van der Waals surface area contributed by atoms with E-state index in [1.807, 2.05) is 55.5 Å². The van der Waals surface area contributed by atoms with E-state index in [4.69, 9.17) is 4.74 Å². The molecule has 3 N–H and O–H groups in total. The molecule has 2 amide bonds. The van der Waals surface area contributed by atoms with Crippen molar-refractivity contribution < 1.29 is 14.3 Å². The first-order chi connectivity index (χ1) is 19.1. The van der Waals surface area contributed by atoms with Crippen molar-refractivity contribution in [2.75, 3.05) is 22.5 Å². The highest BCUT2D eigenvalue weighted by atomic mass is 32.1. The third-order valence-electron chi connectivity index (χ3n) is 6.10. The zero-order valence-corrected chi connectivity index (χ0v) is 24.6. The predicted octanol–water partition coefficient (Wildman–Crippen LogP) is 7.22. The normalized spacial score (nSPS) is 10.9. The molecule has 0 spiro atoms. The quantitative estimate of drug-likeness (QED) is 0.126. The van der Waals surface area contributed by atoms with Crippen LogP contribution in [0.5, 0.6) is 5.75 Å². The number of fused-ring (bicyclic) bond motifs is 2. The van der Waals surface area contributed by atoms with Gasteiger partial charge in [-0.15, -0.1) is 11.3 Å². The molecule has 0 aliphatic rings. The number of ether oxygens (including phenoxy) is 1. The molecule has 5 aromatic rings. The number of rotatable bonds is 6. The van der Waals surface area contributed by atoms with Crippen LogP contribution in [-0.4, -0.2) is 29.4 Å². The largest absolute Gasteiger partial charge is 0.492 e. The SMILES string of the molecule is COc1c(NS)cc(C(C)(C)C)cc1NC(=O)c1cc2c(NC=O)cccc2s1.Cc1cnc2ccccc2n1. The fraction of sp³-hybridized carbons (Fsp3) is 0.200. The molecule has 5 rings (SSSR count). The number of benzene rings is 3. The Morgan fingerprint density at radius 2 is 1.73 bits per heavy atom. The number of anilines is 3. The molecule has 0 bridgehead atoms. The summed E-state index contributed by atoms with van der Waals surface area (Å²) in [5, 5.41) is 6.45. The van der Waals surface area contributed by atoms with Gasteiger partial charge in [0.1, 0.15) is 0 Å². The van der Waals surface area contributed by atoms with Gasteiger partial charge in [-0.25, -0.2) is 4.98 Å². The summed E-state index contributed by atoms with van der Waals surface area (Å²) >= 11 is 5.53. The maximum Gasteiger partial charge on any atom is 0.265 e. The molecule has 3 aromatic carbocycles. The van der Waals surface area contributed by atoms with Crippen molar-refractivity contribution >= 4 is 74.7 Å². The van der Waals surface area contributed by atoms with E-state index in [1.54, 1.807) is 25.4 Å². The molecule has 40 heavy (non-hydrogen) atoms. The van der Waals surface area contributed by atoms with Gasteiger partial charge in [0, 0.05) is 22.0 Å². The summed E-state index contributed by atoms with van der Waals surface area (Å²) < 4.78 is 9.26. The second-order valence-corrected chi connectivity index (χ2v) is 11.3. The molecule has 0 saturated heterocycles. The molecule has 0 fully saturated rings. The molecule has 2 aromatic heterocycles. The Labute approximate surface area is 242 Å². The van der Waals surface area contributed by atoms with E-state index in [2.05, 4.69) is 58.9 Å². The minimum absolute atomic E-state index is 0.127. The first-order valence-corrected chi connectivity index (χ1v) is 13.8. The van der Waals surface area contributed by atoms with Crippen molar-refractivity contribution in [2.45, 2.75) is 33.1 Å². The average Bonchev–Trinajstić information content (AvgIpc) is 3.38. The summed E-state index contributed by atoms with van der Waals surface area (Å²) in [4.78, 5) is 32.9. The molecule has 8 nitrogen and oxygen atoms in total. The number of hydrogen-bond acceptors (Lipinski definition) is 8. The molecular weight excluding hydrogens is 542 g/mol. The molecule has 0 aliphatic carbocycles. The Balaban J connectivity index is 0.000000278. The highest BCUT2D eigenvalue weighted by molar-refractivity contribution is 7.81. The maximum atomic E-state index is 13.0. The third kappa shape index (κ3) is 6.52. The van der Waals surface area contributed by atoms with E-state index >= 15 is 0 Å². The first kappa shape index (κ1) is 28.8. The van der Waals surface area contributed by atoms with E-state index in [1.165, 1.54) is 11.3 Å². The number of nitrogens with one attached hydrogen (secondary N) is 3. The van der Waals surface area contributed by atoms with Gasteiger partial charge in [-0.2, -0.15) is 0 Å². The second kappa shape index (κ2) is 12.4. The van der Waals surface area contributed by atoms with Gasteiger partial charge in [0.2, 0.25) is 6.41 Å². The lowest BCUT2D eigenvalue weighted by Crippen LogP contribution is -2.15. The number of carbonyl (C=O) groups excluding carboxylic acids is 2. The van der Waals surface area contributed by atoms with Crippen LogP contribution < -0.4 is 20.1 Å². The lowest BCUT2D eigenvalue weighted by Gasteiger charge is -2.23. The van der Waals surface area contributed by atoms with Gasteiger partial charge in [0.05, 0.1) is 40.1 Å². The zero-order chi connectivity index (χ0) is 28.9. The minimum Gasteiger partial charge on any atom is -0.492 e. The van der Waals surface area contributed by atoms with Crippen LogP contribution in [0.1, 0.15) is 41.7 Å². The van der Waals surface area contributed by atoms with Crippen molar-refractivity contribution in [3.05, 3.63) is 83.0 Å². The number of para-hydroxylation sites is 2. The van der Waals surface area contributed by atoms with Gasteiger partial charge in [-0.1, -0.05) is 51.8 Å². The Kier molecular flexibility index (Phi) is 8.91. The fourth-order valence-electron chi connectivity index (χ4n) is 4.05. The number of thiophene rings is 1. The number of carbonyl (C=O) groups is 2. The lowest BCUT2D eigenvalue weighted by molar-refractivity contribution is -0.105. The average molecular weight is 574 g/mol. The van der Waals surface area contributed by atoms with Gasteiger partial charge in [0.15, 0.2) is 5.75 Å². The van der Waals surface area contributed by atoms with Crippen molar-refractivity contribution in [3.63, 3.8) is 0 Å². The number of nitrogens with zero attached hydrogens (tertiary/aromatic N) is 2. The molecule has 10 heteroatoms. The van der Waals surface area contributed by atoms with Crippen LogP contribution in [-0.2, 0) is 10.2 Å². The number of aromatic nitrogens is 2. The Morgan fingerprint density at radius 1 is 1.00 bits per heavy atom. The molecule has 0 atom stereocenters. The van der Waals surface area contributed by atoms with E-state index in [0.29, 0.717) is 34.1 Å². The van der Waals surface area contributed by atoms with Crippen LogP contribution in [0.15, 0.2) is 66.9 Å². The highest BCUT2D eigenvalue weighted by Gasteiger charge is 2.21. The molecule has 0 unspecified atom stereocenters. The van der Waals surface area contributed by atoms with Gasteiger partial charge in [0.25, 0.3) is 5.91 Å². The number of hydrogen-bond donors (Lipinski definition) is 4. The third-order valence-corrected chi connectivity index (χ3v) is 7.44. The topological polar surface area (TPSA) is 105 Å². The number of thiol groups is 1. The summed E-state index contributed by atoms with van der Waals surface area (Å²) in [5.41, 5.74) is 5.69.